The van der Waals surface area contributed by atoms with Crippen molar-refractivity contribution in [2.75, 3.05) is 33.5 Å². The quantitative estimate of drug-likeness (QED) is 0.687. The van der Waals surface area contributed by atoms with Crippen molar-refractivity contribution in [2.45, 2.75) is 6.42 Å². The van der Waals surface area contributed by atoms with Crippen molar-refractivity contribution in [1.29, 1.82) is 5.26 Å². The normalized spacial score (nSPS) is 11.6. The average molecular weight is 276 g/mol. The van der Waals surface area contributed by atoms with Crippen LogP contribution in [0.1, 0.15) is 5.56 Å². The number of nitriles is 1. The summed E-state index contributed by atoms with van der Waals surface area (Å²) in [5.74, 6) is -0.928. The molecule has 0 fully saturated rings. The van der Waals surface area contributed by atoms with E-state index in [1.807, 2.05) is 36.4 Å². The standard InChI is InChI=1S/C15H20N2O3/c1-19-9-10-20-8-7-17-15(18)14(12-16)11-13-5-3-2-4-6-13/h2-6,14H,7-11H2,1H3,(H,17,18). The molecule has 0 heterocycles. The fraction of sp³-hybridized carbons (Fsp3) is 0.467. The van der Waals surface area contributed by atoms with Gasteiger partial charge in [0.2, 0.25) is 5.91 Å². The van der Waals surface area contributed by atoms with E-state index in [2.05, 4.69) is 5.32 Å². The van der Waals surface area contributed by atoms with Gasteiger partial charge < -0.3 is 14.8 Å². The largest absolute Gasteiger partial charge is 0.382 e. The maximum Gasteiger partial charge on any atom is 0.237 e. The topological polar surface area (TPSA) is 71.3 Å². The molecule has 0 spiro atoms. The monoisotopic (exact) mass is 276 g/mol. The number of carbonyl (C=O) groups excluding carboxylic acids is 1. The summed E-state index contributed by atoms with van der Waals surface area (Å²) in [6.45, 7) is 1.84. The molecule has 5 nitrogen and oxygen atoms in total. The fourth-order valence-corrected chi connectivity index (χ4v) is 1.66. The van der Waals surface area contributed by atoms with Crippen molar-refractivity contribution in [3.05, 3.63) is 35.9 Å². The summed E-state index contributed by atoms with van der Waals surface area (Å²) >= 11 is 0. The molecule has 1 N–H and O–H groups in total. The number of nitrogens with one attached hydrogen (secondary N) is 1. The van der Waals surface area contributed by atoms with Gasteiger partial charge in [-0.1, -0.05) is 30.3 Å². The Balaban J connectivity index is 2.28. The Hall–Kier alpha value is -1.90. The van der Waals surface area contributed by atoms with Crippen LogP contribution in [0.25, 0.3) is 0 Å². The summed E-state index contributed by atoms with van der Waals surface area (Å²) in [7, 11) is 1.60. The van der Waals surface area contributed by atoms with E-state index in [1.54, 1.807) is 7.11 Å². The zero-order chi connectivity index (χ0) is 14.6. The number of nitrogens with zero attached hydrogens (tertiary/aromatic N) is 1. The summed E-state index contributed by atoms with van der Waals surface area (Å²) in [6.07, 6.45) is 0.424. The minimum atomic E-state index is -0.670. The van der Waals surface area contributed by atoms with Crippen LogP contribution in [0.4, 0.5) is 0 Å². The van der Waals surface area contributed by atoms with Crippen molar-refractivity contribution in [3.8, 4) is 6.07 Å². The average Bonchev–Trinajstić information content (AvgIpc) is 2.49. The number of rotatable bonds is 9. The van der Waals surface area contributed by atoms with Crippen LogP contribution in [0.2, 0.25) is 0 Å². The highest BCUT2D eigenvalue weighted by Gasteiger charge is 2.17. The van der Waals surface area contributed by atoms with Gasteiger partial charge in [0.1, 0.15) is 5.92 Å². The van der Waals surface area contributed by atoms with E-state index in [1.165, 1.54) is 0 Å². The summed E-state index contributed by atoms with van der Waals surface area (Å²) < 4.78 is 10.1. The third-order valence-electron chi connectivity index (χ3n) is 2.73. The first kappa shape index (κ1) is 16.2. The van der Waals surface area contributed by atoms with Gasteiger partial charge in [0, 0.05) is 13.7 Å². The first-order chi connectivity index (χ1) is 9.77. The van der Waals surface area contributed by atoms with E-state index in [9.17, 15) is 4.79 Å². The maximum atomic E-state index is 11.9. The second-order valence-corrected chi connectivity index (χ2v) is 4.27. The highest BCUT2D eigenvalue weighted by Crippen LogP contribution is 2.08. The van der Waals surface area contributed by atoms with Gasteiger partial charge in [0.25, 0.3) is 0 Å². The van der Waals surface area contributed by atoms with Crippen molar-refractivity contribution in [2.24, 2.45) is 5.92 Å². The lowest BCUT2D eigenvalue weighted by Gasteiger charge is -2.10. The molecule has 0 saturated carbocycles. The third kappa shape index (κ3) is 6.32. The SMILES string of the molecule is COCCOCCNC(=O)C(C#N)Cc1ccccc1. The number of amides is 1. The summed E-state index contributed by atoms with van der Waals surface area (Å²) in [5, 5.41) is 11.8. The Kier molecular flexibility index (Phi) is 8.04. The molecule has 1 amide bonds. The molecule has 0 saturated heterocycles. The number of hydrogen-bond acceptors (Lipinski definition) is 4. The molecular weight excluding hydrogens is 256 g/mol. The minimum absolute atomic E-state index is 0.258. The van der Waals surface area contributed by atoms with Gasteiger partial charge in [-0.3, -0.25) is 4.79 Å². The predicted molar refractivity (Wildman–Crippen MR) is 75.0 cm³/mol. The molecule has 0 aliphatic rings. The van der Waals surface area contributed by atoms with Crippen LogP contribution in [0.15, 0.2) is 30.3 Å². The van der Waals surface area contributed by atoms with Crippen molar-refractivity contribution in [1.82, 2.24) is 5.32 Å². The van der Waals surface area contributed by atoms with E-state index >= 15 is 0 Å². The molecule has 5 heteroatoms. The Labute approximate surface area is 119 Å². The smallest absolute Gasteiger partial charge is 0.237 e. The number of carbonyl (C=O) groups is 1. The van der Waals surface area contributed by atoms with Crippen LogP contribution < -0.4 is 5.32 Å². The fourth-order valence-electron chi connectivity index (χ4n) is 1.66. The molecule has 1 unspecified atom stereocenters. The van der Waals surface area contributed by atoms with Gasteiger partial charge in [-0.2, -0.15) is 5.26 Å². The molecule has 0 aromatic heterocycles. The predicted octanol–water partition coefficient (Wildman–Crippen LogP) is 1.15. The molecule has 108 valence electrons. The summed E-state index contributed by atoms with van der Waals surface area (Å²) in [4.78, 5) is 11.9. The summed E-state index contributed by atoms with van der Waals surface area (Å²) in [5.41, 5.74) is 0.977. The lowest BCUT2D eigenvalue weighted by Crippen LogP contribution is -2.33. The van der Waals surface area contributed by atoms with E-state index < -0.39 is 5.92 Å². The summed E-state index contributed by atoms with van der Waals surface area (Å²) in [6, 6.07) is 11.5. The lowest BCUT2D eigenvalue weighted by molar-refractivity contribution is -0.123. The van der Waals surface area contributed by atoms with Gasteiger partial charge in [-0.15, -0.1) is 0 Å². The van der Waals surface area contributed by atoms with Gasteiger partial charge in [-0.25, -0.2) is 0 Å². The molecular formula is C15H20N2O3. The molecule has 20 heavy (non-hydrogen) atoms. The Morgan fingerprint density at radius 3 is 2.70 bits per heavy atom. The molecule has 0 aliphatic carbocycles. The highest BCUT2D eigenvalue weighted by molar-refractivity contribution is 5.81. The number of benzene rings is 1. The van der Waals surface area contributed by atoms with E-state index in [4.69, 9.17) is 14.7 Å². The van der Waals surface area contributed by atoms with Crippen molar-refractivity contribution >= 4 is 5.91 Å². The van der Waals surface area contributed by atoms with Crippen LogP contribution in [0.5, 0.6) is 0 Å². The Morgan fingerprint density at radius 2 is 2.05 bits per heavy atom. The van der Waals surface area contributed by atoms with Crippen molar-refractivity contribution in [3.63, 3.8) is 0 Å². The van der Waals surface area contributed by atoms with Crippen LogP contribution in [-0.2, 0) is 20.7 Å². The zero-order valence-electron chi connectivity index (χ0n) is 11.7. The molecule has 0 radical (unpaired) electrons. The zero-order valence-corrected chi connectivity index (χ0v) is 11.7. The molecule has 0 bridgehead atoms. The first-order valence-corrected chi connectivity index (χ1v) is 6.56. The number of hydrogen-bond donors (Lipinski definition) is 1. The van der Waals surface area contributed by atoms with Gasteiger partial charge >= 0.3 is 0 Å². The molecule has 1 aromatic carbocycles. The van der Waals surface area contributed by atoms with Crippen LogP contribution >= 0.6 is 0 Å². The van der Waals surface area contributed by atoms with Gasteiger partial charge in [-0.05, 0) is 12.0 Å². The van der Waals surface area contributed by atoms with E-state index in [0.717, 1.165) is 5.56 Å². The lowest BCUT2D eigenvalue weighted by atomic mass is 10.00. The van der Waals surface area contributed by atoms with Gasteiger partial charge in [0.05, 0.1) is 25.9 Å². The molecule has 1 rings (SSSR count). The Morgan fingerprint density at radius 1 is 1.30 bits per heavy atom. The van der Waals surface area contributed by atoms with Crippen LogP contribution in [-0.4, -0.2) is 39.4 Å². The van der Waals surface area contributed by atoms with Crippen LogP contribution in [0.3, 0.4) is 0 Å². The number of ether oxygens (including phenoxy) is 2. The second-order valence-electron chi connectivity index (χ2n) is 4.27. The first-order valence-electron chi connectivity index (χ1n) is 6.56. The molecule has 1 aromatic rings. The minimum Gasteiger partial charge on any atom is -0.382 e. The third-order valence-corrected chi connectivity index (χ3v) is 2.73. The molecule has 0 aliphatic heterocycles. The highest BCUT2D eigenvalue weighted by atomic mass is 16.5. The van der Waals surface area contributed by atoms with Crippen molar-refractivity contribution < 1.29 is 14.3 Å². The number of methoxy groups -OCH3 is 1. The second kappa shape index (κ2) is 9.96. The maximum absolute atomic E-state index is 11.9. The van der Waals surface area contributed by atoms with E-state index in [-0.39, 0.29) is 5.91 Å². The Bertz CT molecular complexity index is 428. The molecule has 1 atom stereocenters. The van der Waals surface area contributed by atoms with E-state index in [0.29, 0.717) is 32.8 Å². The van der Waals surface area contributed by atoms with Crippen LogP contribution in [0, 0.1) is 17.2 Å². The van der Waals surface area contributed by atoms with Gasteiger partial charge in [0.15, 0.2) is 0 Å².